The smallest absolute Gasteiger partial charge is 0.252 e. The van der Waals surface area contributed by atoms with E-state index < -0.39 is 6.04 Å². The van der Waals surface area contributed by atoms with Gasteiger partial charge >= 0.3 is 0 Å². The number of nitrogens with zero attached hydrogens (tertiary/aromatic N) is 1. The zero-order valence-corrected chi connectivity index (χ0v) is 14.7. The van der Waals surface area contributed by atoms with E-state index in [1.807, 2.05) is 12.1 Å². The minimum atomic E-state index is -0.565. The molecule has 2 aliphatic rings. The maximum Gasteiger partial charge on any atom is 0.252 e. The molecule has 0 unspecified atom stereocenters. The maximum atomic E-state index is 12.5. The number of nitrogens with one attached hydrogen (secondary N) is 1. The molecule has 1 saturated heterocycles. The number of amides is 2. The van der Waals surface area contributed by atoms with Crippen molar-refractivity contribution in [1.29, 1.82) is 0 Å². The fourth-order valence-electron chi connectivity index (χ4n) is 3.31. The van der Waals surface area contributed by atoms with Gasteiger partial charge in [0.25, 0.3) is 5.91 Å². The summed E-state index contributed by atoms with van der Waals surface area (Å²) in [4.78, 5) is 26.6. The largest absolute Gasteiger partial charge is 0.490 e. The second-order valence-corrected chi connectivity index (χ2v) is 6.68. The first-order chi connectivity index (χ1) is 12.1. The van der Waals surface area contributed by atoms with Crippen molar-refractivity contribution >= 4 is 11.8 Å². The number of benzene rings is 1. The van der Waals surface area contributed by atoms with Crippen LogP contribution in [0, 0.1) is 0 Å². The lowest BCUT2D eigenvalue weighted by atomic mass is 10.1. The van der Waals surface area contributed by atoms with E-state index in [1.165, 1.54) is 12.8 Å². The first-order valence-corrected chi connectivity index (χ1v) is 9.07. The van der Waals surface area contributed by atoms with Crippen molar-refractivity contribution < 1.29 is 19.1 Å². The summed E-state index contributed by atoms with van der Waals surface area (Å²) < 4.78 is 11.2. The third-order valence-electron chi connectivity index (χ3n) is 4.74. The predicted molar refractivity (Wildman–Crippen MR) is 93.7 cm³/mol. The minimum absolute atomic E-state index is 0.0741. The quantitative estimate of drug-likeness (QED) is 0.885. The molecular weight excluding hydrogens is 320 g/mol. The number of ether oxygens (including phenoxy) is 2. The highest BCUT2D eigenvalue weighted by Crippen LogP contribution is 2.24. The molecule has 1 aromatic carbocycles. The van der Waals surface area contributed by atoms with Crippen LogP contribution in [0.15, 0.2) is 24.3 Å². The normalized spacial score (nSPS) is 19.5. The van der Waals surface area contributed by atoms with Crippen molar-refractivity contribution in [3.63, 3.8) is 0 Å². The Bertz CT molecular complexity index is 607. The lowest BCUT2D eigenvalue weighted by molar-refractivity contribution is -0.136. The Morgan fingerprint density at radius 3 is 2.68 bits per heavy atom. The van der Waals surface area contributed by atoms with Crippen LogP contribution in [0.25, 0.3) is 0 Å². The Labute approximate surface area is 148 Å². The lowest BCUT2D eigenvalue weighted by Crippen LogP contribution is -2.50. The number of morpholine rings is 1. The molecule has 25 heavy (non-hydrogen) atoms. The zero-order chi connectivity index (χ0) is 17.6. The van der Waals surface area contributed by atoms with Crippen molar-refractivity contribution in [1.82, 2.24) is 10.2 Å². The molecule has 0 radical (unpaired) electrons. The van der Waals surface area contributed by atoms with E-state index >= 15 is 0 Å². The van der Waals surface area contributed by atoms with Gasteiger partial charge in [-0.05, 0) is 50.8 Å². The maximum absolute atomic E-state index is 12.5. The molecular formula is C19H26N2O4. The number of carbonyl (C=O) groups excluding carboxylic acids is 2. The first kappa shape index (κ1) is 17.7. The van der Waals surface area contributed by atoms with Gasteiger partial charge < -0.3 is 19.7 Å². The molecule has 1 aliphatic carbocycles. The summed E-state index contributed by atoms with van der Waals surface area (Å²) in [6.07, 6.45) is 4.79. The third-order valence-corrected chi connectivity index (χ3v) is 4.74. The highest BCUT2D eigenvalue weighted by atomic mass is 16.5. The van der Waals surface area contributed by atoms with Crippen molar-refractivity contribution in [2.45, 2.75) is 44.8 Å². The Morgan fingerprint density at radius 1 is 1.24 bits per heavy atom. The van der Waals surface area contributed by atoms with Crippen molar-refractivity contribution in [3.8, 4) is 5.75 Å². The third kappa shape index (κ3) is 4.72. The summed E-state index contributed by atoms with van der Waals surface area (Å²) in [6.45, 7) is 3.96. The van der Waals surface area contributed by atoms with Crippen molar-refractivity contribution in [3.05, 3.63) is 29.8 Å². The molecule has 0 bridgehead atoms. The van der Waals surface area contributed by atoms with Gasteiger partial charge in [0, 0.05) is 18.7 Å². The van der Waals surface area contributed by atoms with Crippen LogP contribution >= 0.6 is 0 Å². The summed E-state index contributed by atoms with van der Waals surface area (Å²) in [5, 5.41) is 2.79. The average molecular weight is 346 g/mol. The molecule has 1 heterocycles. The van der Waals surface area contributed by atoms with Crippen molar-refractivity contribution in [2.75, 3.05) is 26.3 Å². The van der Waals surface area contributed by atoms with Gasteiger partial charge in [-0.25, -0.2) is 0 Å². The molecule has 136 valence electrons. The van der Waals surface area contributed by atoms with Gasteiger partial charge in [-0.3, -0.25) is 9.59 Å². The van der Waals surface area contributed by atoms with Crippen LogP contribution in [0.3, 0.4) is 0 Å². The molecule has 0 aromatic heterocycles. The fraction of sp³-hybridized carbons (Fsp3) is 0.579. The molecule has 6 heteroatoms. The Balaban J connectivity index is 1.57. The van der Waals surface area contributed by atoms with E-state index in [-0.39, 0.29) is 17.9 Å². The molecule has 2 amide bonds. The van der Waals surface area contributed by atoms with Gasteiger partial charge in [0.2, 0.25) is 5.91 Å². The molecule has 1 aromatic rings. The van der Waals surface area contributed by atoms with E-state index in [9.17, 15) is 9.59 Å². The standard InChI is InChI=1S/C19H26N2O4/c1-14(19(23)21-9-11-24-12-10-21)20-18(22)15-5-4-8-17(13-15)25-16-6-2-3-7-16/h4-5,8,13-14,16H,2-3,6-7,9-12H2,1H3,(H,20,22)/t14-/m1/s1. The van der Waals surface area contributed by atoms with Crippen LogP contribution in [0.2, 0.25) is 0 Å². The number of rotatable bonds is 5. The van der Waals surface area contributed by atoms with E-state index in [4.69, 9.17) is 9.47 Å². The molecule has 6 nitrogen and oxygen atoms in total. The first-order valence-electron chi connectivity index (χ1n) is 9.07. The van der Waals surface area contributed by atoms with E-state index in [1.54, 1.807) is 24.0 Å². The van der Waals surface area contributed by atoms with E-state index in [2.05, 4.69) is 5.32 Å². The van der Waals surface area contributed by atoms with Crippen LogP contribution < -0.4 is 10.1 Å². The number of hydrogen-bond donors (Lipinski definition) is 1. The average Bonchev–Trinajstić information content (AvgIpc) is 3.15. The highest BCUT2D eigenvalue weighted by Gasteiger charge is 2.24. The number of hydrogen-bond acceptors (Lipinski definition) is 4. The Kier molecular flexibility index (Phi) is 5.91. The summed E-state index contributed by atoms with van der Waals surface area (Å²) in [6, 6.07) is 6.61. The van der Waals surface area contributed by atoms with Crippen molar-refractivity contribution in [2.24, 2.45) is 0 Å². The fourth-order valence-corrected chi connectivity index (χ4v) is 3.31. The molecule has 3 rings (SSSR count). The van der Waals surface area contributed by atoms with Crippen LogP contribution in [0.4, 0.5) is 0 Å². The topological polar surface area (TPSA) is 67.9 Å². The summed E-state index contributed by atoms with van der Waals surface area (Å²) >= 11 is 0. The second kappa shape index (κ2) is 8.34. The number of carbonyl (C=O) groups is 2. The van der Waals surface area contributed by atoms with Crippen LogP contribution in [-0.4, -0.2) is 55.2 Å². The molecule has 2 fully saturated rings. The monoisotopic (exact) mass is 346 g/mol. The van der Waals surface area contributed by atoms with Gasteiger partial charge in [-0.15, -0.1) is 0 Å². The minimum Gasteiger partial charge on any atom is -0.490 e. The molecule has 1 atom stereocenters. The predicted octanol–water partition coefficient (Wildman–Crippen LogP) is 1.99. The van der Waals surface area contributed by atoms with E-state index in [0.717, 1.165) is 12.8 Å². The van der Waals surface area contributed by atoms with Crippen LogP contribution in [0.1, 0.15) is 43.0 Å². The van der Waals surface area contributed by atoms with Gasteiger partial charge in [-0.2, -0.15) is 0 Å². The Morgan fingerprint density at radius 2 is 1.96 bits per heavy atom. The zero-order valence-electron chi connectivity index (χ0n) is 14.7. The summed E-state index contributed by atoms with van der Waals surface area (Å²) in [7, 11) is 0. The second-order valence-electron chi connectivity index (χ2n) is 6.68. The SMILES string of the molecule is C[C@@H](NC(=O)c1cccc(OC2CCCC2)c1)C(=O)N1CCOCC1. The lowest BCUT2D eigenvalue weighted by Gasteiger charge is -2.29. The molecule has 1 N–H and O–H groups in total. The molecule has 1 saturated carbocycles. The molecule has 1 aliphatic heterocycles. The van der Waals surface area contributed by atoms with Crippen LogP contribution in [-0.2, 0) is 9.53 Å². The van der Waals surface area contributed by atoms with Gasteiger partial charge in [0.1, 0.15) is 11.8 Å². The van der Waals surface area contributed by atoms with E-state index in [0.29, 0.717) is 37.6 Å². The summed E-state index contributed by atoms with van der Waals surface area (Å²) in [5.41, 5.74) is 0.511. The van der Waals surface area contributed by atoms with Gasteiger partial charge in [0.15, 0.2) is 0 Å². The highest BCUT2D eigenvalue weighted by molar-refractivity contribution is 5.97. The molecule has 0 spiro atoms. The Hall–Kier alpha value is -2.08. The van der Waals surface area contributed by atoms with Gasteiger partial charge in [-0.1, -0.05) is 6.07 Å². The van der Waals surface area contributed by atoms with Crippen LogP contribution in [0.5, 0.6) is 5.75 Å². The summed E-state index contributed by atoms with van der Waals surface area (Å²) in [5.74, 6) is 0.382. The van der Waals surface area contributed by atoms with Gasteiger partial charge in [0.05, 0.1) is 19.3 Å².